The van der Waals surface area contributed by atoms with E-state index in [1.807, 2.05) is 6.07 Å². The number of amides is 2. The zero-order valence-corrected chi connectivity index (χ0v) is 16.2. The third-order valence-electron chi connectivity index (χ3n) is 4.54. The lowest BCUT2D eigenvalue weighted by Gasteiger charge is -2.33. The summed E-state index contributed by atoms with van der Waals surface area (Å²) in [5, 5.41) is 1.80. The molecule has 0 spiro atoms. The molecule has 0 radical (unpaired) electrons. The van der Waals surface area contributed by atoms with E-state index in [1.54, 1.807) is 43.6 Å². The van der Waals surface area contributed by atoms with Crippen LogP contribution in [0, 0.1) is 0 Å². The Morgan fingerprint density at radius 2 is 2.11 bits per heavy atom. The number of thiophene rings is 1. The van der Waals surface area contributed by atoms with Crippen LogP contribution in [0.1, 0.15) is 12.7 Å². The lowest BCUT2D eigenvalue weighted by Crippen LogP contribution is -2.49. The van der Waals surface area contributed by atoms with Crippen LogP contribution in [0.2, 0.25) is 0 Å². The number of likely N-dealkylation sites (N-methyl/N-ethyl adjacent to an activating group) is 1. The van der Waals surface area contributed by atoms with Gasteiger partial charge in [0, 0.05) is 7.05 Å². The Balaban J connectivity index is 1.52. The van der Waals surface area contributed by atoms with Gasteiger partial charge in [0.1, 0.15) is 22.8 Å². The third kappa shape index (κ3) is 3.24. The van der Waals surface area contributed by atoms with E-state index < -0.39 is 6.10 Å². The zero-order chi connectivity index (χ0) is 19.8. The number of anilines is 1. The predicted molar refractivity (Wildman–Crippen MR) is 106 cm³/mol. The number of para-hydroxylation sites is 2. The lowest BCUT2D eigenvalue weighted by molar-refractivity contribution is -0.132. The molecule has 0 saturated carbocycles. The second kappa shape index (κ2) is 7.08. The number of fused-ring (bicyclic) bond motifs is 2. The van der Waals surface area contributed by atoms with Crippen molar-refractivity contribution in [2.24, 2.45) is 0 Å². The molecule has 1 N–H and O–H groups in total. The van der Waals surface area contributed by atoms with Gasteiger partial charge in [0.2, 0.25) is 5.91 Å². The first-order chi connectivity index (χ1) is 13.4. The van der Waals surface area contributed by atoms with Crippen molar-refractivity contribution in [1.82, 2.24) is 14.9 Å². The van der Waals surface area contributed by atoms with Crippen molar-refractivity contribution in [3.05, 3.63) is 51.9 Å². The van der Waals surface area contributed by atoms with E-state index in [4.69, 9.17) is 4.74 Å². The van der Waals surface area contributed by atoms with Crippen molar-refractivity contribution in [2.75, 3.05) is 18.5 Å². The van der Waals surface area contributed by atoms with E-state index in [0.717, 1.165) is 0 Å². The fraction of sp³-hybridized carbons (Fsp3) is 0.263. The number of hydrogen-bond donors (Lipinski definition) is 1. The van der Waals surface area contributed by atoms with Gasteiger partial charge in [-0.1, -0.05) is 12.1 Å². The van der Waals surface area contributed by atoms with Gasteiger partial charge >= 0.3 is 0 Å². The van der Waals surface area contributed by atoms with Crippen LogP contribution in [0.3, 0.4) is 0 Å². The molecule has 8 nitrogen and oxygen atoms in total. The maximum absolute atomic E-state index is 12.7. The molecule has 0 fully saturated rings. The summed E-state index contributed by atoms with van der Waals surface area (Å²) in [6.45, 7) is 1.67. The summed E-state index contributed by atoms with van der Waals surface area (Å²) in [7, 11) is 1.61. The Kier molecular flexibility index (Phi) is 4.60. The Hall–Kier alpha value is -3.20. The minimum atomic E-state index is -0.660. The lowest BCUT2D eigenvalue weighted by atomic mass is 10.2. The largest absolute Gasteiger partial charge is 0.479 e. The van der Waals surface area contributed by atoms with Crippen LogP contribution in [0.4, 0.5) is 5.69 Å². The molecule has 9 heteroatoms. The number of carbonyl (C=O) groups is 2. The van der Waals surface area contributed by atoms with Gasteiger partial charge in [-0.25, -0.2) is 4.98 Å². The first-order valence-corrected chi connectivity index (χ1v) is 9.59. The van der Waals surface area contributed by atoms with Gasteiger partial charge in [0.15, 0.2) is 6.10 Å². The Bertz CT molecular complexity index is 1120. The number of carbonyl (C=O) groups excluding carboxylic acids is 2. The average Bonchev–Trinajstić information content (AvgIpc) is 3.14. The van der Waals surface area contributed by atoms with E-state index in [0.29, 0.717) is 27.5 Å². The van der Waals surface area contributed by atoms with Gasteiger partial charge in [-0.15, -0.1) is 11.3 Å². The zero-order valence-electron chi connectivity index (χ0n) is 15.3. The molecule has 1 atom stereocenters. The van der Waals surface area contributed by atoms with Gasteiger partial charge in [-0.05, 0) is 30.5 Å². The van der Waals surface area contributed by atoms with Crippen molar-refractivity contribution < 1.29 is 14.3 Å². The molecule has 1 aliphatic rings. The highest BCUT2D eigenvalue weighted by Crippen LogP contribution is 2.33. The van der Waals surface area contributed by atoms with Crippen LogP contribution >= 0.6 is 11.3 Å². The summed E-state index contributed by atoms with van der Waals surface area (Å²) in [5.41, 5.74) is 0.955. The number of hydrogen-bond acceptors (Lipinski definition) is 6. The SMILES string of the molecule is CC1Oc2ccccc2N(CC(=O)N(C)Cc2nc3ccsc3c(=O)[nH]2)C1=O. The smallest absolute Gasteiger partial charge is 0.268 e. The van der Waals surface area contributed by atoms with Crippen molar-refractivity contribution in [1.29, 1.82) is 0 Å². The number of nitrogens with zero attached hydrogens (tertiary/aromatic N) is 3. The minimum Gasteiger partial charge on any atom is -0.479 e. The molecule has 28 heavy (non-hydrogen) atoms. The first-order valence-electron chi connectivity index (χ1n) is 8.71. The molecule has 3 heterocycles. The Morgan fingerprint density at radius 3 is 2.93 bits per heavy atom. The molecule has 1 unspecified atom stereocenters. The quantitative estimate of drug-likeness (QED) is 0.723. The van der Waals surface area contributed by atoms with E-state index in [-0.39, 0.29) is 30.5 Å². The minimum absolute atomic E-state index is 0.120. The number of aromatic nitrogens is 2. The third-order valence-corrected chi connectivity index (χ3v) is 5.45. The fourth-order valence-electron chi connectivity index (χ4n) is 3.09. The highest BCUT2D eigenvalue weighted by Gasteiger charge is 2.33. The van der Waals surface area contributed by atoms with Gasteiger partial charge in [-0.3, -0.25) is 19.3 Å². The summed E-state index contributed by atoms with van der Waals surface area (Å²) in [6, 6.07) is 8.89. The first kappa shape index (κ1) is 18.2. The standard InChI is InChI=1S/C19H18N4O4S/c1-11-19(26)23(13-5-3-4-6-14(13)27-11)10-16(24)22(2)9-15-20-12-7-8-28-17(12)18(25)21-15/h3-8,11H,9-10H2,1-2H3,(H,20,21,25). The van der Waals surface area contributed by atoms with Crippen molar-refractivity contribution in [3.63, 3.8) is 0 Å². The summed E-state index contributed by atoms with van der Waals surface area (Å²) in [5.74, 6) is 0.421. The maximum atomic E-state index is 12.7. The Labute approximate surface area is 164 Å². The molecule has 1 aliphatic heterocycles. The monoisotopic (exact) mass is 398 g/mol. The number of ether oxygens (including phenoxy) is 1. The van der Waals surface area contributed by atoms with Crippen LogP contribution in [0.25, 0.3) is 10.2 Å². The highest BCUT2D eigenvalue weighted by molar-refractivity contribution is 7.17. The summed E-state index contributed by atoms with van der Waals surface area (Å²) < 4.78 is 6.15. The van der Waals surface area contributed by atoms with Crippen molar-refractivity contribution in [2.45, 2.75) is 19.6 Å². The maximum Gasteiger partial charge on any atom is 0.268 e. The molecule has 0 saturated heterocycles. The van der Waals surface area contributed by atoms with Crippen LogP contribution in [-0.4, -0.2) is 46.4 Å². The van der Waals surface area contributed by atoms with Crippen molar-refractivity contribution in [3.8, 4) is 5.75 Å². The molecule has 1 aromatic carbocycles. The molecular weight excluding hydrogens is 380 g/mol. The molecule has 2 aromatic heterocycles. The normalized spacial score (nSPS) is 16.0. The van der Waals surface area contributed by atoms with Crippen LogP contribution in [0.15, 0.2) is 40.5 Å². The van der Waals surface area contributed by atoms with Gasteiger partial charge < -0.3 is 14.6 Å². The number of rotatable bonds is 4. The number of H-pyrrole nitrogens is 1. The van der Waals surface area contributed by atoms with Gasteiger partial charge in [-0.2, -0.15) is 0 Å². The van der Waals surface area contributed by atoms with E-state index in [1.165, 1.54) is 21.1 Å². The van der Waals surface area contributed by atoms with Gasteiger partial charge in [0.25, 0.3) is 11.5 Å². The van der Waals surface area contributed by atoms with E-state index in [2.05, 4.69) is 9.97 Å². The number of aromatic amines is 1. The molecule has 0 bridgehead atoms. The number of benzene rings is 1. The predicted octanol–water partition coefficient (Wildman–Crippen LogP) is 1.76. The average molecular weight is 398 g/mol. The van der Waals surface area contributed by atoms with Crippen LogP contribution in [-0.2, 0) is 16.1 Å². The second-order valence-corrected chi connectivity index (χ2v) is 7.47. The molecule has 2 amide bonds. The molecule has 144 valence electrons. The Morgan fingerprint density at radius 1 is 1.32 bits per heavy atom. The van der Waals surface area contributed by atoms with Crippen molar-refractivity contribution >= 4 is 39.1 Å². The summed E-state index contributed by atoms with van der Waals surface area (Å²) in [4.78, 5) is 47.3. The molecule has 4 rings (SSSR count). The topological polar surface area (TPSA) is 95.6 Å². The van der Waals surface area contributed by atoms with E-state index >= 15 is 0 Å². The van der Waals surface area contributed by atoms with Crippen LogP contribution < -0.4 is 15.2 Å². The fourth-order valence-corrected chi connectivity index (χ4v) is 3.81. The molecule has 0 aliphatic carbocycles. The van der Waals surface area contributed by atoms with Gasteiger partial charge in [0.05, 0.1) is 17.7 Å². The molecular formula is C19H18N4O4S. The number of nitrogens with one attached hydrogen (secondary N) is 1. The highest BCUT2D eigenvalue weighted by atomic mass is 32.1. The second-order valence-electron chi connectivity index (χ2n) is 6.55. The summed E-state index contributed by atoms with van der Waals surface area (Å²) in [6.07, 6.45) is -0.660. The van der Waals surface area contributed by atoms with E-state index in [9.17, 15) is 14.4 Å². The molecule has 3 aromatic rings. The summed E-state index contributed by atoms with van der Waals surface area (Å²) >= 11 is 1.32. The van der Waals surface area contributed by atoms with Crippen LogP contribution in [0.5, 0.6) is 5.75 Å².